The summed E-state index contributed by atoms with van der Waals surface area (Å²) in [6.45, 7) is 1.46. The highest BCUT2D eigenvalue weighted by Crippen LogP contribution is 2.40. The predicted octanol–water partition coefficient (Wildman–Crippen LogP) is 0.514. The second-order valence-electron chi connectivity index (χ2n) is 4.78. The van der Waals surface area contributed by atoms with Crippen LogP contribution in [0.4, 0.5) is 0 Å². The van der Waals surface area contributed by atoms with Crippen molar-refractivity contribution in [1.29, 1.82) is 0 Å². The van der Waals surface area contributed by atoms with Gasteiger partial charge < -0.3 is 14.7 Å². The Labute approximate surface area is 104 Å². The molecule has 18 heavy (non-hydrogen) atoms. The van der Waals surface area contributed by atoms with Gasteiger partial charge in [-0.1, -0.05) is 5.16 Å². The van der Waals surface area contributed by atoms with Gasteiger partial charge in [0.15, 0.2) is 5.69 Å². The van der Waals surface area contributed by atoms with Crippen LogP contribution in [0.2, 0.25) is 0 Å². The summed E-state index contributed by atoms with van der Waals surface area (Å²) >= 11 is 0. The van der Waals surface area contributed by atoms with Crippen molar-refractivity contribution in [3.8, 4) is 0 Å². The van der Waals surface area contributed by atoms with Crippen molar-refractivity contribution < 1.29 is 14.1 Å². The quantitative estimate of drug-likeness (QED) is 0.828. The van der Waals surface area contributed by atoms with Gasteiger partial charge in [0.2, 0.25) is 5.91 Å². The maximum absolute atomic E-state index is 12.2. The molecule has 2 fully saturated rings. The monoisotopic (exact) mass is 249 g/mol. The standard InChI is InChI=1S/C12H15N3O3/c16-11-3-5-15(6-4-13-11)12(17)9-7-10(18-14-9)8-1-2-8/h7-8H,1-6H2,(H,13,16). The van der Waals surface area contributed by atoms with Crippen molar-refractivity contribution in [1.82, 2.24) is 15.4 Å². The van der Waals surface area contributed by atoms with Gasteiger partial charge in [-0.15, -0.1) is 0 Å². The Hall–Kier alpha value is -1.85. The highest BCUT2D eigenvalue weighted by Gasteiger charge is 2.30. The first-order valence-corrected chi connectivity index (χ1v) is 6.26. The van der Waals surface area contributed by atoms with Crippen LogP contribution in [0, 0.1) is 0 Å². The topological polar surface area (TPSA) is 75.4 Å². The average Bonchev–Trinajstić information content (AvgIpc) is 3.14. The molecule has 0 atom stereocenters. The Bertz CT molecular complexity index is 479. The first-order chi connectivity index (χ1) is 8.74. The van der Waals surface area contributed by atoms with Gasteiger partial charge >= 0.3 is 0 Å². The van der Waals surface area contributed by atoms with Crippen LogP contribution < -0.4 is 5.32 Å². The molecule has 6 heteroatoms. The van der Waals surface area contributed by atoms with E-state index in [9.17, 15) is 9.59 Å². The second-order valence-corrected chi connectivity index (χ2v) is 4.78. The molecule has 0 spiro atoms. The summed E-state index contributed by atoms with van der Waals surface area (Å²) in [5, 5.41) is 6.57. The largest absolute Gasteiger partial charge is 0.360 e. The van der Waals surface area contributed by atoms with Crippen LogP contribution in [-0.2, 0) is 4.79 Å². The van der Waals surface area contributed by atoms with Gasteiger partial charge in [-0.3, -0.25) is 9.59 Å². The van der Waals surface area contributed by atoms with E-state index in [1.54, 1.807) is 11.0 Å². The molecule has 1 saturated carbocycles. The highest BCUT2D eigenvalue weighted by molar-refractivity contribution is 5.92. The van der Waals surface area contributed by atoms with E-state index in [1.165, 1.54) is 0 Å². The smallest absolute Gasteiger partial charge is 0.276 e. The van der Waals surface area contributed by atoms with Crippen molar-refractivity contribution in [3.05, 3.63) is 17.5 Å². The third kappa shape index (κ3) is 2.23. The zero-order valence-electron chi connectivity index (χ0n) is 10.0. The van der Waals surface area contributed by atoms with Crippen LogP contribution in [0.3, 0.4) is 0 Å². The summed E-state index contributed by atoms with van der Waals surface area (Å²) in [5.74, 6) is 1.10. The molecule has 2 aliphatic rings. The molecule has 1 aromatic heterocycles. The second kappa shape index (κ2) is 4.44. The van der Waals surface area contributed by atoms with E-state index >= 15 is 0 Å². The molecule has 96 valence electrons. The molecule has 0 bridgehead atoms. The zero-order valence-corrected chi connectivity index (χ0v) is 10.0. The Morgan fingerprint density at radius 2 is 2.28 bits per heavy atom. The molecule has 0 aromatic carbocycles. The summed E-state index contributed by atoms with van der Waals surface area (Å²) < 4.78 is 5.17. The van der Waals surface area contributed by atoms with E-state index in [2.05, 4.69) is 10.5 Å². The summed E-state index contributed by atoms with van der Waals surface area (Å²) in [4.78, 5) is 25.0. The highest BCUT2D eigenvalue weighted by atomic mass is 16.5. The number of aromatic nitrogens is 1. The number of rotatable bonds is 2. The van der Waals surface area contributed by atoms with Crippen molar-refractivity contribution in [3.63, 3.8) is 0 Å². The minimum Gasteiger partial charge on any atom is -0.360 e. The lowest BCUT2D eigenvalue weighted by Gasteiger charge is -2.17. The molecule has 0 radical (unpaired) electrons. The maximum atomic E-state index is 12.2. The normalized spacial score (nSPS) is 20.4. The first kappa shape index (κ1) is 11.3. The van der Waals surface area contributed by atoms with Gasteiger partial charge in [-0.25, -0.2) is 0 Å². The minimum absolute atomic E-state index is 0.0101. The average molecular weight is 249 g/mol. The van der Waals surface area contributed by atoms with Crippen molar-refractivity contribution >= 4 is 11.8 Å². The van der Waals surface area contributed by atoms with E-state index in [1.807, 2.05) is 0 Å². The van der Waals surface area contributed by atoms with Crippen molar-refractivity contribution in [2.24, 2.45) is 0 Å². The van der Waals surface area contributed by atoms with Gasteiger partial charge in [0.05, 0.1) is 0 Å². The van der Waals surface area contributed by atoms with Crippen LogP contribution >= 0.6 is 0 Å². The molecule has 1 aliphatic heterocycles. The van der Waals surface area contributed by atoms with Crippen LogP contribution in [-0.4, -0.2) is 41.5 Å². The molecule has 2 heterocycles. The lowest BCUT2D eigenvalue weighted by molar-refractivity contribution is -0.120. The van der Waals surface area contributed by atoms with Crippen LogP contribution in [0.5, 0.6) is 0 Å². The zero-order chi connectivity index (χ0) is 12.5. The molecule has 1 N–H and O–H groups in total. The van der Waals surface area contributed by atoms with Crippen LogP contribution in [0.15, 0.2) is 10.6 Å². The molecule has 1 aliphatic carbocycles. The summed E-state index contributed by atoms with van der Waals surface area (Å²) in [7, 11) is 0. The fourth-order valence-electron chi connectivity index (χ4n) is 2.08. The van der Waals surface area contributed by atoms with Crippen molar-refractivity contribution in [2.75, 3.05) is 19.6 Å². The van der Waals surface area contributed by atoms with Gasteiger partial charge in [0.1, 0.15) is 5.76 Å². The first-order valence-electron chi connectivity index (χ1n) is 6.26. The summed E-state index contributed by atoms with van der Waals surface area (Å²) in [5.41, 5.74) is 0.353. The lowest BCUT2D eigenvalue weighted by atomic mass is 10.2. The van der Waals surface area contributed by atoms with E-state index in [0.717, 1.165) is 18.6 Å². The number of nitrogens with zero attached hydrogens (tertiary/aromatic N) is 2. The Morgan fingerprint density at radius 1 is 1.44 bits per heavy atom. The molecular formula is C12H15N3O3. The van der Waals surface area contributed by atoms with E-state index in [4.69, 9.17) is 4.52 Å². The fourth-order valence-corrected chi connectivity index (χ4v) is 2.08. The Balaban J connectivity index is 1.70. The Morgan fingerprint density at radius 3 is 3.06 bits per heavy atom. The molecular weight excluding hydrogens is 234 g/mol. The molecule has 1 aromatic rings. The summed E-state index contributed by atoms with van der Waals surface area (Å²) in [6, 6.07) is 1.74. The van der Waals surface area contributed by atoms with Gasteiger partial charge in [0, 0.05) is 38.0 Å². The van der Waals surface area contributed by atoms with Gasteiger partial charge in [-0.05, 0) is 12.8 Å². The van der Waals surface area contributed by atoms with Gasteiger partial charge in [-0.2, -0.15) is 0 Å². The molecule has 1 saturated heterocycles. The molecule has 6 nitrogen and oxygen atoms in total. The summed E-state index contributed by atoms with van der Waals surface area (Å²) in [6.07, 6.45) is 2.58. The number of hydrogen-bond donors (Lipinski definition) is 1. The number of amides is 2. The minimum atomic E-state index is -0.151. The third-order valence-electron chi connectivity index (χ3n) is 3.33. The lowest BCUT2D eigenvalue weighted by Crippen LogP contribution is -2.34. The van der Waals surface area contributed by atoms with E-state index in [0.29, 0.717) is 37.7 Å². The number of carbonyl (C=O) groups excluding carboxylic acids is 2. The SMILES string of the molecule is O=C1CCN(C(=O)c2cc(C3CC3)on2)CCN1. The van der Waals surface area contributed by atoms with Crippen molar-refractivity contribution in [2.45, 2.75) is 25.2 Å². The Kier molecular flexibility index (Phi) is 2.77. The number of nitrogens with one attached hydrogen (secondary N) is 1. The fraction of sp³-hybridized carbons (Fsp3) is 0.583. The number of carbonyl (C=O) groups is 2. The molecule has 0 unspecified atom stereocenters. The third-order valence-corrected chi connectivity index (χ3v) is 3.33. The van der Waals surface area contributed by atoms with E-state index < -0.39 is 0 Å². The molecule has 2 amide bonds. The van der Waals surface area contributed by atoms with Crippen LogP contribution in [0.1, 0.15) is 41.4 Å². The van der Waals surface area contributed by atoms with Crippen LogP contribution in [0.25, 0.3) is 0 Å². The van der Waals surface area contributed by atoms with E-state index in [-0.39, 0.29) is 11.8 Å². The number of hydrogen-bond acceptors (Lipinski definition) is 4. The maximum Gasteiger partial charge on any atom is 0.276 e. The van der Waals surface area contributed by atoms with Gasteiger partial charge in [0.25, 0.3) is 5.91 Å². The molecule has 3 rings (SSSR count). The predicted molar refractivity (Wildman–Crippen MR) is 62.0 cm³/mol.